The molecule has 1 saturated heterocycles. The SMILES string of the molecule is CN(Cc1cc(Br)c(Br)o1)CC1CCCN1. The zero-order valence-electron chi connectivity index (χ0n) is 9.30. The van der Waals surface area contributed by atoms with Gasteiger partial charge in [-0.05, 0) is 64.4 Å². The maximum Gasteiger partial charge on any atom is 0.183 e. The van der Waals surface area contributed by atoms with Crippen LogP contribution in [0.5, 0.6) is 0 Å². The van der Waals surface area contributed by atoms with E-state index in [-0.39, 0.29) is 0 Å². The molecule has 0 aromatic carbocycles. The van der Waals surface area contributed by atoms with E-state index in [1.807, 2.05) is 6.07 Å². The fourth-order valence-electron chi connectivity index (χ4n) is 2.09. The Morgan fingerprint density at radius 1 is 1.56 bits per heavy atom. The van der Waals surface area contributed by atoms with Crippen LogP contribution in [0.1, 0.15) is 18.6 Å². The van der Waals surface area contributed by atoms with Gasteiger partial charge in [0.1, 0.15) is 5.76 Å². The first-order chi connectivity index (χ1) is 7.65. The van der Waals surface area contributed by atoms with Crippen molar-refractivity contribution in [2.45, 2.75) is 25.4 Å². The highest BCUT2D eigenvalue weighted by atomic mass is 79.9. The van der Waals surface area contributed by atoms with Crippen LogP contribution in [0.15, 0.2) is 19.6 Å². The predicted octanol–water partition coefficient (Wildman–Crippen LogP) is 2.99. The summed E-state index contributed by atoms with van der Waals surface area (Å²) in [5, 5.41) is 3.50. The van der Waals surface area contributed by atoms with Crippen molar-refractivity contribution in [3.05, 3.63) is 21.0 Å². The van der Waals surface area contributed by atoms with Crippen molar-refractivity contribution < 1.29 is 4.42 Å². The van der Waals surface area contributed by atoms with Crippen LogP contribution in [0.25, 0.3) is 0 Å². The smallest absolute Gasteiger partial charge is 0.183 e. The summed E-state index contributed by atoms with van der Waals surface area (Å²) >= 11 is 6.77. The number of nitrogens with zero attached hydrogens (tertiary/aromatic N) is 1. The Morgan fingerprint density at radius 2 is 2.38 bits per heavy atom. The van der Waals surface area contributed by atoms with Crippen LogP contribution in [-0.2, 0) is 6.54 Å². The van der Waals surface area contributed by atoms with Crippen molar-refractivity contribution in [3.8, 4) is 0 Å². The summed E-state index contributed by atoms with van der Waals surface area (Å²) in [6.45, 7) is 3.09. The molecular weight excluding hydrogens is 336 g/mol. The van der Waals surface area contributed by atoms with Gasteiger partial charge in [0.25, 0.3) is 0 Å². The van der Waals surface area contributed by atoms with Crippen LogP contribution < -0.4 is 5.32 Å². The normalized spacial score (nSPS) is 20.9. The van der Waals surface area contributed by atoms with Gasteiger partial charge in [-0.25, -0.2) is 0 Å². The van der Waals surface area contributed by atoms with Gasteiger partial charge in [-0.3, -0.25) is 4.90 Å². The van der Waals surface area contributed by atoms with E-state index in [0.717, 1.165) is 34.5 Å². The average molecular weight is 352 g/mol. The zero-order chi connectivity index (χ0) is 11.5. The third-order valence-corrected chi connectivity index (χ3v) is 4.53. The minimum atomic E-state index is 0.645. The second kappa shape index (κ2) is 5.67. The summed E-state index contributed by atoms with van der Waals surface area (Å²) < 4.78 is 7.31. The van der Waals surface area contributed by atoms with E-state index >= 15 is 0 Å². The molecule has 1 aromatic rings. The fraction of sp³-hybridized carbons (Fsp3) is 0.636. The molecule has 1 atom stereocenters. The summed E-state index contributed by atoms with van der Waals surface area (Å²) in [6.07, 6.45) is 2.59. The van der Waals surface area contributed by atoms with E-state index in [4.69, 9.17) is 4.42 Å². The molecule has 90 valence electrons. The molecule has 2 rings (SSSR count). The lowest BCUT2D eigenvalue weighted by Gasteiger charge is -2.19. The van der Waals surface area contributed by atoms with Crippen LogP contribution in [0.3, 0.4) is 0 Å². The van der Waals surface area contributed by atoms with Gasteiger partial charge in [-0.1, -0.05) is 0 Å². The minimum Gasteiger partial charge on any atom is -0.452 e. The molecule has 0 spiro atoms. The molecule has 1 aromatic heterocycles. The summed E-state index contributed by atoms with van der Waals surface area (Å²) in [5.41, 5.74) is 0. The van der Waals surface area contributed by atoms with E-state index in [2.05, 4.69) is 49.1 Å². The Bertz CT molecular complexity index is 328. The molecule has 3 nitrogen and oxygen atoms in total. The molecule has 1 aliphatic heterocycles. The molecular formula is C11H16Br2N2O. The Hall–Kier alpha value is 0.160. The number of hydrogen-bond donors (Lipinski definition) is 1. The van der Waals surface area contributed by atoms with E-state index in [1.165, 1.54) is 12.8 Å². The Labute approximate surface area is 113 Å². The van der Waals surface area contributed by atoms with Gasteiger partial charge in [0.15, 0.2) is 4.67 Å². The van der Waals surface area contributed by atoms with Crippen molar-refractivity contribution in [2.75, 3.05) is 20.1 Å². The summed E-state index contributed by atoms with van der Waals surface area (Å²) in [4.78, 5) is 2.29. The largest absolute Gasteiger partial charge is 0.452 e. The van der Waals surface area contributed by atoms with Crippen LogP contribution in [0.2, 0.25) is 0 Å². The molecule has 0 saturated carbocycles. The molecule has 0 bridgehead atoms. The highest BCUT2D eigenvalue weighted by Crippen LogP contribution is 2.27. The number of hydrogen-bond acceptors (Lipinski definition) is 3. The fourth-order valence-corrected chi connectivity index (χ4v) is 2.75. The quantitative estimate of drug-likeness (QED) is 0.903. The number of likely N-dealkylation sites (N-methyl/N-ethyl adjacent to an activating group) is 1. The standard InChI is InChI=1S/C11H16Br2N2O/c1-15(6-8-3-2-4-14-8)7-9-5-10(12)11(13)16-9/h5,8,14H,2-4,6-7H2,1H3. The Kier molecular flexibility index (Phi) is 4.47. The molecule has 0 aliphatic carbocycles. The van der Waals surface area contributed by atoms with E-state index in [1.54, 1.807) is 0 Å². The summed E-state index contributed by atoms with van der Waals surface area (Å²) in [7, 11) is 2.13. The maximum absolute atomic E-state index is 5.56. The monoisotopic (exact) mass is 350 g/mol. The molecule has 1 aliphatic rings. The van der Waals surface area contributed by atoms with Gasteiger partial charge in [-0.15, -0.1) is 0 Å². The van der Waals surface area contributed by atoms with E-state index in [9.17, 15) is 0 Å². The summed E-state index contributed by atoms with van der Waals surface area (Å²) in [6, 6.07) is 2.66. The van der Waals surface area contributed by atoms with Gasteiger partial charge < -0.3 is 9.73 Å². The maximum atomic E-state index is 5.56. The molecule has 1 unspecified atom stereocenters. The van der Waals surface area contributed by atoms with Gasteiger partial charge in [0, 0.05) is 12.6 Å². The zero-order valence-corrected chi connectivity index (χ0v) is 12.5. The first-order valence-corrected chi connectivity index (χ1v) is 7.09. The number of halogens is 2. The van der Waals surface area contributed by atoms with Gasteiger partial charge in [-0.2, -0.15) is 0 Å². The molecule has 0 radical (unpaired) electrons. The first kappa shape index (κ1) is 12.6. The molecule has 1 fully saturated rings. The molecule has 2 heterocycles. The minimum absolute atomic E-state index is 0.645. The first-order valence-electron chi connectivity index (χ1n) is 5.51. The number of furan rings is 1. The predicted molar refractivity (Wildman–Crippen MR) is 71.5 cm³/mol. The van der Waals surface area contributed by atoms with Gasteiger partial charge >= 0.3 is 0 Å². The lowest BCUT2D eigenvalue weighted by atomic mass is 10.2. The van der Waals surface area contributed by atoms with Crippen molar-refractivity contribution in [2.24, 2.45) is 0 Å². The second-order valence-electron chi connectivity index (χ2n) is 4.32. The molecule has 0 amide bonds. The highest BCUT2D eigenvalue weighted by Gasteiger charge is 2.17. The molecule has 16 heavy (non-hydrogen) atoms. The third-order valence-electron chi connectivity index (χ3n) is 2.82. The van der Waals surface area contributed by atoms with Crippen molar-refractivity contribution >= 4 is 31.9 Å². The van der Waals surface area contributed by atoms with Crippen molar-refractivity contribution in [3.63, 3.8) is 0 Å². The Balaban J connectivity index is 1.84. The number of nitrogens with one attached hydrogen (secondary N) is 1. The van der Waals surface area contributed by atoms with Crippen molar-refractivity contribution in [1.82, 2.24) is 10.2 Å². The van der Waals surface area contributed by atoms with Crippen molar-refractivity contribution in [1.29, 1.82) is 0 Å². The average Bonchev–Trinajstić information content (AvgIpc) is 2.78. The van der Waals surface area contributed by atoms with Gasteiger partial charge in [0.05, 0.1) is 11.0 Å². The van der Waals surface area contributed by atoms with Crippen LogP contribution >= 0.6 is 31.9 Å². The lowest BCUT2D eigenvalue weighted by Crippen LogP contribution is -2.34. The van der Waals surface area contributed by atoms with E-state index < -0.39 is 0 Å². The Morgan fingerprint density at radius 3 is 2.94 bits per heavy atom. The molecule has 5 heteroatoms. The molecule has 1 N–H and O–H groups in total. The second-order valence-corrected chi connectivity index (χ2v) is 5.90. The van der Waals surface area contributed by atoms with Gasteiger partial charge in [0.2, 0.25) is 0 Å². The third kappa shape index (κ3) is 3.32. The summed E-state index contributed by atoms with van der Waals surface area (Å²) in [5.74, 6) is 0.985. The lowest BCUT2D eigenvalue weighted by molar-refractivity contribution is 0.267. The van der Waals surface area contributed by atoms with Crippen LogP contribution in [-0.4, -0.2) is 31.1 Å². The van der Waals surface area contributed by atoms with E-state index in [0.29, 0.717) is 6.04 Å². The highest BCUT2D eigenvalue weighted by molar-refractivity contribution is 9.13. The van der Waals surface area contributed by atoms with Crippen LogP contribution in [0, 0.1) is 0 Å². The van der Waals surface area contributed by atoms with Crippen LogP contribution in [0.4, 0.5) is 0 Å². The topological polar surface area (TPSA) is 28.4 Å². The number of rotatable bonds is 4.